The highest BCUT2D eigenvalue weighted by molar-refractivity contribution is 8.27. The predicted molar refractivity (Wildman–Crippen MR) is 118 cm³/mol. The number of esters is 1. The molecule has 3 aromatic heterocycles. The average Bonchev–Trinajstić information content (AvgIpc) is 3.10. The quantitative estimate of drug-likeness (QED) is 0.438. The number of carbonyl (C=O) groups is 1. The van der Waals surface area contributed by atoms with E-state index < -0.39 is 21.4 Å². The van der Waals surface area contributed by atoms with Crippen molar-refractivity contribution in [2.45, 2.75) is 17.9 Å². The Hall–Kier alpha value is -3.02. The van der Waals surface area contributed by atoms with Crippen molar-refractivity contribution >= 4 is 48.9 Å². The minimum absolute atomic E-state index is 0.0464. The number of nitrogens with zero attached hydrogens (tertiary/aromatic N) is 4. The third-order valence-electron chi connectivity index (χ3n) is 4.78. The topological polar surface area (TPSA) is 105 Å². The molecule has 1 atom stereocenters. The van der Waals surface area contributed by atoms with E-state index in [-0.39, 0.29) is 17.9 Å². The predicted octanol–water partition coefficient (Wildman–Crippen LogP) is 2.20. The Morgan fingerprint density at radius 2 is 2.06 bits per heavy atom. The Labute approximate surface area is 183 Å². The summed E-state index contributed by atoms with van der Waals surface area (Å²) in [6, 6.07) is 8.30. The van der Waals surface area contributed by atoms with E-state index in [1.807, 2.05) is 10.6 Å². The molecule has 160 valence electrons. The van der Waals surface area contributed by atoms with Gasteiger partial charge >= 0.3 is 5.97 Å². The molecule has 31 heavy (non-hydrogen) atoms. The first-order valence-electron chi connectivity index (χ1n) is 9.11. The number of benzene rings is 1. The van der Waals surface area contributed by atoms with Gasteiger partial charge in [-0.3, -0.25) is 9.93 Å². The third-order valence-corrected chi connectivity index (χ3v) is 6.08. The molecule has 0 amide bonds. The number of aromatic nitrogens is 4. The van der Waals surface area contributed by atoms with Gasteiger partial charge in [0.25, 0.3) is 0 Å². The van der Waals surface area contributed by atoms with E-state index in [1.54, 1.807) is 24.4 Å². The van der Waals surface area contributed by atoms with E-state index >= 15 is 0 Å². The monoisotopic (exact) mass is 459 g/mol. The van der Waals surface area contributed by atoms with E-state index in [9.17, 15) is 9.18 Å². The van der Waals surface area contributed by atoms with Crippen LogP contribution in [-0.2, 0) is 43.3 Å². The Bertz CT molecular complexity index is 1340. The second-order valence-corrected chi connectivity index (χ2v) is 8.76. The maximum absolute atomic E-state index is 14.5. The summed E-state index contributed by atoms with van der Waals surface area (Å²) in [5, 5.41) is 6.40. The van der Waals surface area contributed by atoms with E-state index in [0.29, 0.717) is 28.4 Å². The molecule has 0 aliphatic heterocycles. The first-order chi connectivity index (χ1) is 14.9. The zero-order chi connectivity index (χ0) is 22.1. The Kier molecular flexibility index (Phi) is 5.90. The van der Waals surface area contributed by atoms with E-state index in [2.05, 4.69) is 15.0 Å². The molecule has 2 N–H and O–H groups in total. The largest absolute Gasteiger partial charge is 0.481 e. The van der Waals surface area contributed by atoms with Gasteiger partial charge in [0.05, 0.1) is 30.8 Å². The zero-order valence-corrected chi connectivity index (χ0v) is 18.3. The van der Waals surface area contributed by atoms with Crippen LogP contribution in [0.15, 0.2) is 41.4 Å². The SMILES string of the molecule is COC(=O)Cc1nc2cnc3nc(OC)ccc3c2n1Cc1ccc(S(N)=S)c(F)c1. The highest BCUT2D eigenvalue weighted by Gasteiger charge is 2.19. The summed E-state index contributed by atoms with van der Waals surface area (Å²) in [6.07, 6.45) is 1.54. The van der Waals surface area contributed by atoms with Gasteiger partial charge in [0, 0.05) is 18.0 Å². The number of methoxy groups -OCH3 is 2. The van der Waals surface area contributed by atoms with Crippen molar-refractivity contribution in [3.8, 4) is 5.88 Å². The van der Waals surface area contributed by atoms with Gasteiger partial charge in [-0.1, -0.05) is 6.07 Å². The summed E-state index contributed by atoms with van der Waals surface area (Å²) in [7, 11) is 1.75. The van der Waals surface area contributed by atoms with Crippen LogP contribution >= 0.6 is 0 Å². The second-order valence-electron chi connectivity index (χ2n) is 6.65. The van der Waals surface area contributed by atoms with Crippen LogP contribution in [0.3, 0.4) is 0 Å². The molecule has 1 unspecified atom stereocenters. The number of rotatable bonds is 6. The fourth-order valence-corrected chi connectivity index (χ4v) is 4.20. The average molecular weight is 460 g/mol. The minimum atomic E-state index is -1.10. The molecule has 0 bridgehead atoms. The number of halogens is 1. The van der Waals surface area contributed by atoms with Crippen LogP contribution in [0.1, 0.15) is 11.4 Å². The molecule has 4 rings (SSSR count). The second kappa shape index (κ2) is 8.61. The number of hydrogen-bond acceptors (Lipinski definition) is 7. The number of nitrogens with two attached hydrogens (primary N) is 1. The van der Waals surface area contributed by atoms with Gasteiger partial charge in [0.15, 0.2) is 5.65 Å². The van der Waals surface area contributed by atoms with Crippen molar-refractivity contribution in [1.82, 2.24) is 19.5 Å². The van der Waals surface area contributed by atoms with Crippen LogP contribution in [0, 0.1) is 5.82 Å². The maximum Gasteiger partial charge on any atom is 0.313 e. The molecule has 1 aromatic carbocycles. The smallest absolute Gasteiger partial charge is 0.313 e. The molecule has 8 nitrogen and oxygen atoms in total. The van der Waals surface area contributed by atoms with E-state index in [4.69, 9.17) is 25.8 Å². The molecule has 3 heterocycles. The van der Waals surface area contributed by atoms with Gasteiger partial charge in [-0.25, -0.2) is 14.4 Å². The highest BCUT2D eigenvalue weighted by Crippen LogP contribution is 2.27. The molecule has 0 saturated carbocycles. The highest BCUT2D eigenvalue weighted by atomic mass is 32.8. The molecule has 4 aromatic rings. The van der Waals surface area contributed by atoms with Crippen LogP contribution in [-0.4, -0.2) is 39.7 Å². The summed E-state index contributed by atoms with van der Waals surface area (Å²) in [5.74, 6) is 0.000804. The van der Waals surface area contributed by atoms with Gasteiger partial charge < -0.3 is 14.0 Å². The number of hydrogen-bond donors (Lipinski definition) is 1. The zero-order valence-electron chi connectivity index (χ0n) is 16.7. The molecule has 0 aliphatic rings. The molecule has 11 heteroatoms. The van der Waals surface area contributed by atoms with Crippen LogP contribution < -0.4 is 9.88 Å². The Morgan fingerprint density at radius 1 is 1.26 bits per heavy atom. The lowest BCUT2D eigenvalue weighted by Gasteiger charge is -2.12. The van der Waals surface area contributed by atoms with Gasteiger partial charge in [0.1, 0.15) is 23.6 Å². The fraction of sp³-hybridized carbons (Fsp3) is 0.200. The summed E-state index contributed by atoms with van der Waals surface area (Å²) in [4.78, 5) is 25.6. The maximum atomic E-state index is 14.5. The Balaban J connectivity index is 1.90. The van der Waals surface area contributed by atoms with E-state index in [0.717, 1.165) is 10.9 Å². The summed E-state index contributed by atoms with van der Waals surface area (Å²) in [5.41, 5.74) is 2.45. The van der Waals surface area contributed by atoms with Crippen molar-refractivity contribution in [2.75, 3.05) is 14.2 Å². The molecular formula is C20H18FN5O3S2. The minimum Gasteiger partial charge on any atom is -0.481 e. The number of carbonyl (C=O) groups excluding carboxylic acids is 1. The van der Waals surface area contributed by atoms with Crippen LogP contribution in [0.25, 0.3) is 22.1 Å². The lowest BCUT2D eigenvalue weighted by Crippen LogP contribution is -2.12. The summed E-state index contributed by atoms with van der Waals surface area (Å²) >= 11 is 4.99. The van der Waals surface area contributed by atoms with Gasteiger partial charge in [-0.05, 0) is 44.6 Å². The van der Waals surface area contributed by atoms with Gasteiger partial charge in [-0.15, -0.1) is 0 Å². The Morgan fingerprint density at radius 3 is 2.74 bits per heavy atom. The first-order valence-corrected chi connectivity index (χ1v) is 11.3. The molecule has 0 spiro atoms. The standard InChI is InChI=1S/C20H18FN5O3S2/c1-28-17-6-4-12-19-14(9-23-20(12)25-17)24-16(8-18(27)29-2)26(19)10-11-3-5-15(31(22)30)13(21)7-11/h3-7,9H,8,10,22H2,1-2H3. The normalized spacial score (nSPS) is 12.3. The fourth-order valence-electron chi connectivity index (χ4n) is 3.34. The van der Waals surface area contributed by atoms with E-state index in [1.165, 1.54) is 20.3 Å². The number of imidazole rings is 1. The van der Waals surface area contributed by atoms with Crippen molar-refractivity contribution < 1.29 is 18.7 Å². The summed E-state index contributed by atoms with van der Waals surface area (Å²) < 4.78 is 26.3. The van der Waals surface area contributed by atoms with Crippen molar-refractivity contribution in [1.29, 1.82) is 0 Å². The lowest BCUT2D eigenvalue weighted by atomic mass is 10.2. The number of fused-ring (bicyclic) bond motifs is 3. The van der Waals surface area contributed by atoms with Crippen LogP contribution in [0.4, 0.5) is 4.39 Å². The van der Waals surface area contributed by atoms with Crippen molar-refractivity contribution in [3.63, 3.8) is 0 Å². The molecule has 0 radical (unpaired) electrons. The lowest BCUT2D eigenvalue weighted by molar-refractivity contribution is -0.139. The molecule has 0 fully saturated rings. The first kappa shape index (κ1) is 21.2. The van der Waals surface area contributed by atoms with Crippen molar-refractivity contribution in [3.05, 3.63) is 53.7 Å². The van der Waals surface area contributed by atoms with Crippen LogP contribution in [0.5, 0.6) is 5.88 Å². The van der Waals surface area contributed by atoms with Crippen LogP contribution in [0.2, 0.25) is 0 Å². The molecule has 0 aliphatic carbocycles. The van der Waals surface area contributed by atoms with Crippen molar-refractivity contribution in [2.24, 2.45) is 5.14 Å². The molecular weight excluding hydrogens is 441 g/mol. The third kappa shape index (κ3) is 4.11. The van der Waals surface area contributed by atoms with Gasteiger partial charge in [0.2, 0.25) is 5.88 Å². The van der Waals surface area contributed by atoms with Gasteiger partial charge in [-0.2, -0.15) is 4.98 Å². The number of pyridine rings is 2. The number of ether oxygens (including phenoxy) is 2. The molecule has 0 saturated heterocycles. The summed E-state index contributed by atoms with van der Waals surface area (Å²) in [6.45, 7) is 0.265.